The first-order valence-corrected chi connectivity index (χ1v) is 16.4. The van der Waals surface area contributed by atoms with Crippen molar-refractivity contribution in [2.75, 3.05) is 28.2 Å². The summed E-state index contributed by atoms with van der Waals surface area (Å²) >= 11 is 1.51. The van der Waals surface area contributed by atoms with Gasteiger partial charge in [0.1, 0.15) is 11.6 Å². The lowest BCUT2D eigenvalue weighted by Gasteiger charge is -2.28. The summed E-state index contributed by atoms with van der Waals surface area (Å²) in [5.41, 5.74) is 1.79. The number of nitrogens with zero attached hydrogens (tertiary/aromatic N) is 2. The van der Waals surface area contributed by atoms with Crippen molar-refractivity contribution < 1.29 is 28.7 Å². The molecule has 1 aliphatic heterocycles. The molecule has 47 heavy (non-hydrogen) atoms. The third kappa shape index (κ3) is 9.06. The summed E-state index contributed by atoms with van der Waals surface area (Å²) in [5.74, 6) is -1.54. The molecule has 2 N–H and O–H groups in total. The molecule has 0 spiro atoms. The average Bonchev–Trinajstić information content (AvgIpc) is 3.24. The molecule has 0 saturated carbocycles. The summed E-state index contributed by atoms with van der Waals surface area (Å²) in [6, 6.07) is 11.6. The Kier molecular flexibility index (Phi) is 10.3. The van der Waals surface area contributed by atoms with E-state index >= 15 is 0 Å². The monoisotopic (exact) mass is 660 g/mol. The molecule has 11 heteroatoms. The van der Waals surface area contributed by atoms with Crippen LogP contribution in [0.25, 0.3) is 0 Å². The molecule has 1 aromatic heterocycles. The van der Waals surface area contributed by atoms with E-state index in [0.29, 0.717) is 22.6 Å². The van der Waals surface area contributed by atoms with Gasteiger partial charge in [-0.15, -0.1) is 11.3 Å². The molecule has 0 bridgehead atoms. The van der Waals surface area contributed by atoms with Crippen molar-refractivity contribution in [1.29, 1.82) is 0 Å². The molecular weight excluding hydrogens is 616 g/mol. The van der Waals surface area contributed by atoms with Crippen molar-refractivity contribution in [3.05, 3.63) is 75.0 Å². The molecule has 4 amide bonds. The number of esters is 1. The molecule has 1 aliphatic rings. The average molecular weight is 661 g/mol. The standard InChI is InChI=1S/C36H44N4O6S/c1-21-13-14-28-29(15-21)40(20-30(41)26-16-22(2)47-23(26)3)32(43)27(19-39(28)31(42)18-35(4,5)6)38-34(45)37-25-12-10-11-24(17-25)33(44)46-36(7,8)9/h10-17,27H,18-20H2,1-9H3,(H2,37,38,45). The fourth-order valence-corrected chi connectivity index (χ4v) is 6.26. The second-order valence-corrected chi connectivity index (χ2v) is 15.6. The first kappa shape index (κ1) is 35.3. The fraction of sp³-hybridized carbons (Fsp3) is 0.417. The number of aryl methyl sites for hydroxylation is 3. The van der Waals surface area contributed by atoms with E-state index in [1.165, 1.54) is 27.2 Å². The van der Waals surface area contributed by atoms with Gasteiger partial charge in [0.05, 0.1) is 30.0 Å². The van der Waals surface area contributed by atoms with Crippen molar-refractivity contribution in [2.45, 2.75) is 80.4 Å². The van der Waals surface area contributed by atoms with E-state index in [9.17, 15) is 24.0 Å². The number of hydrogen-bond acceptors (Lipinski definition) is 7. The zero-order valence-electron chi connectivity index (χ0n) is 28.6. The Bertz CT molecular complexity index is 1710. The Morgan fingerprint density at radius 3 is 2.26 bits per heavy atom. The Hall–Kier alpha value is -4.51. The van der Waals surface area contributed by atoms with E-state index in [0.717, 1.165) is 15.3 Å². The SMILES string of the molecule is Cc1ccc2c(c1)N(CC(=O)c1cc(C)sc1C)C(=O)C(NC(=O)Nc1cccc(C(=O)OC(C)(C)C)c1)CN2C(=O)CC(C)(C)C. The number of nitrogens with one attached hydrogen (secondary N) is 2. The molecule has 1 unspecified atom stereocenters. The molecule has 0 saturated heterocycles. The van der Waals surface area contributed by atoms with Crippen LogP contribution in [0, 0.1) is 26.2 Å². The second kappa shape index (κ2) is 13.7. The van der Waals surface area contributed by atoms with Crippen molar-refractivity contribution >= 4 is 58.0 Å². The highest BCUT2D eigenvalue weighted by molar-refractivity contribution is 7.12. The van der Waals surface area contributed by atoms with Gasteiger partial charge in [-0.3, -0.25) is 14.4 Å². The minimum Gasteiger partial charge on any atom is -0.456 e. The van der Waals surface area contributed by atoms with Crippen LogP contribution in [-0.4, -0.2) is 54.3 Å². The topological polar surface area (TPSA) is 125 Å². The van der Waals surface area contributed by atoms with Gasteiger partial charge in [0.25, 0.3) is 5.91 Å². The summed E-state index contributed by atoms with van der Waals surface area (Å²) in [6.45, 7) is 16.4. The smallest absolute Gasteiger partial charge is 0.338 e. The zero-order valence-corrected chi connectivity index (χ0v) is 29.4. The highest BCUT2D eigenvalue weighted by Gasteiger charge is 2.39. The third-order valence-corrected chi connectivity index (χ3v) is 8.29. The maximum Gasteiger partial charge on any atom is 0.338 e. The highest BCUT2D eigenvalue weighted by Crippen LogP contribution is 2.36. The number of amides is 4. The molecule has 0 aliphatic carbocycles. The molecule has 10 nitrogen and oxygen atoms in total. The van der Waals surface area contributed by atoms with Crippen LogP contribution in [0.1, 0.15) is 84.0 Å². The van der Waals surface area contributed by atoms with Crippen molar-refractivity contribution in [2.24, 2.45) is 5.41 Å². The predicted molar refractivity (Wildman–Crippen MR) is 186 cm³/mol. The van der Waals surface area contributed by atoms with Gasteiger partial charge >= 0.3 is 12.0 Å². The molecule has 250 valence electrons. The van der Waals surface area contributed by atoms with Crippen molar-refractivity contribution in [1.82, 2.24) is 5.32 Å². The number of fused-ring (bicyclic) bond motifs is 1. The number of ketones is 1. The quantitative estimate of drug-likeness (QED) is 0.212. The van der Waals surface area contributed by atoms with E-state index in [4.69, 9.17) is 4.74 Å². The molecule has 2 heterocycles. The lowest BCUT2D eigenvalue weighted by molar-refractivity contribution is -0.121. The number of ether oxygens (including phenoxy) is 1. The summed E-state index contributed by atoms with van der Waals surface area (Å²) in [5, 5.41) is 5.43. The zero-order chi connectivity index (χ0) is 34.8. The summed E-state index contributed by atoms with van der Waals surface area (Å²) < 4.78 is 5.44. The number of urea groups is 1. The summed E-state index contributed by atoms with van der Waals surface area (Å²) in [6.07, 6.45) is 0.192. The van der Waals surface area contributed by atoms with E-state index < -0.39 is 29.6 Å². The fourth-order valence-electron chi connectivity index (χ4n) is 5.32. The van der Waals surface area contributed by atoms with E-state index in [1.54, 1.807) is 51.1 Å². The largest absolute Gasteiger partial charge is 0.456 e. The third-order valence-electron chi connectivity index (χ3n) is 7.33. The van der Waals surface area contributed by atoms with Crippen molar-refractivity contribution in [3.63, 3.8) is 0 Å². The number of Topliss-reactive ketones (excluding diaryl/α,β-unsaturated/α-hetero) is 1. The minimum atomic E-state index is -1.20. The first-order chi connectivity index (χ1) is 21.8. The predicted octanol–water partition coefficient (Wildman–Crippen LogP) is 6.82. The maximum absolute atomic E-state index is 14.3. The van der Waals surface area contributed by atoms with Gasteiger partial charge in [0, 0.05) is 27.4 Å². The first-order valence-electron chi connectivity index (χ1n) is 15.5. The van der Waals surface area contributed by atoms with E-state index in [2.05, 4.69) is 10.6 Å². The van der Waals surface area contributed by atoms with Crippen LogP contribution in [-0.2, 0) is 14.3 Å². The summed E-state index contributed by atoms with van der Waals surface area (Å²) in [7, 11) is 0. The van der Waals surface area contributed by atoms with Crippen LogP contribution in [0.15, 0.2) is 48.5 Å². The molecule has 4 rings (SSSR count). The Morgan fingerprint density at radius 1 is 0.936 bits per heavy atom. The Morgan fingerprint density at radius 2 is 1.64 bits per heavy atom. The number of rotatable bonds is 7. The molecule has 2 aromatic carbocycles. The van der Waals surface area contributed by atoms with Crippen LogP contribution < -0.4 is 20.4 Å². The molecular formula is C36H44N4O6S. The van der Waals surface area contributed by atoms with Gasteiger partial charge in [-0.25, -0.2) is 9.59 Å². The van der Waals surface area contributed by atoms with E-state index in [-0.39, 0.29) is 42.2 Å². The molecule has 0 radical (unpaired) electrons. The van der Waals surface area contributed by atoms with Crippen LogP contribution >= 0.6 is 11.3 Å². The van der Waals surface area contributed by atoms with Gasteiger partial charge in [0.2, 0.25) is 5.91 Å². The minimum absolute atomic E-state index is 0.142. The summed E-state index contributed by atoms with van der Waals surface area (Å²) in [4.78, 5) is 72.5. The number of carbonyl (C=O) groups excluding carboxylic acids is 5. The van der Waals surface area contributed by atoms with Crippen LogP contribution in [0.2, 0.25) is 0 Å². The van der Waals surface area contributed by atoms with Crippen LogP contribution in [0.4, 0.5) is 21.9 Å². The number of carbonyl (C=O) groups is 5. The number of thiophene rings is 1. The van der Waals surface area contributed by atoms with Gasteiger partial charge in [-0.05, 0) is 88.9 Å². The van der Waals surface area contributed by atoms with Gasteiger partial charge in [0.15, 0.2) is 5.78 Å². The molecule has 3 aromatic rings. The van der Waals surface area contributed by atoms with Crippen molar-refractivity contribution in [3.8, 4) is 0 Å². The lowest BCUT2D eigenvalue weighted by Crippen LogP contribution is -2.54. The lowest BCUT2D eigenvalue weighted by atomic mass is 9.91. The van der Waals surface area contributed by atoms with Gasteiger partial charge in [-0.1, -0.05) is 32.9 Å². The second-order valence-electron chi connectivity index (χ2n) is 14.1. The van der Waals surface area contributed by atoms with Crippen LogP contribution in [0.5, 0.6) is 0 Å². The number of anilines is 3. The number of benzene rings is 2. The highest BCUT2D eigenvalue weighted by atomic mass is 32.1. The Labute approximate surface area is 280 Å². The maximum atomic E-state index is 14.3. The normalized spacial score (nSPS) is 15.1. The van der Waals surface area contributed by atoms with Gasteiger partial charge < -0.3 is 25.2 Å². The number of hydrogen-bond donors (Lipinski definition) is 2. The van der Waals surface area contributed by atoms with E-state index in [1.807, 2.05) is 53.7 Å². The molecule has 1 atom stereocenters. The van der Waals surface area contributed by atoms with Crippen LogP contribution in [0.3, 0.4) is 0 Å². The van der Waals surface area contributed by atoms with Gasteiger partial charge in [-0.2, -0.15) is 0 Å². The molecule has 0 fully saturated rings. The Balaban J connectivity index is 1.68.